The molecule has 0 N–H and O–H groups in total. The van der Waals surface area contributed by atoms with Crippen LogP contribution in [0.4, 0.5) is 0 Å². The van der Waals surface area contributed by atoms with E-state index in [1.165, 1.54) is 31.4 Å². The zero-order chi connectivity index (χ0) is 13.3. The molecule has 0 spiro atoms. The summed E-state index contributed by atoms with van der Waals surface area (Å²) in [5.74, 6) is 0. The monoisotopic (exact) mass is 370 g/mol. The van der Waals surface area contributed by atoms with Crippen LogP contribution in [0.3, 0.4) is 0 Å². The summed E-state index contributed by atoms with van der Waals surface area (Å²) in [5, 5.41) is -0.0719. The summed E-state index contributed by atoms with van der Waals surface area (Å²) in [6, 6.07) is 12.8. The van der Waals surface area contributed by atoms with Gasteiger partial charge in [0.15, 0.2) is 0 Å². The SMILES string of the molecule is Cc1ccc(C(Cl)c2cccc(C)c2I)c(C)c1. The number of hydrogen-bond donors (Lipinski definition) is 0. The Morgan fingerprint density at radius 3 is 2.33 bits per heavy atom. The molecule has 0 saturated carbocycles. The topological polar surface area (TPSA) is 0 Å². The highest BCUT2D eigenvalue weighted by Gasteiger charge is 2.16. The van der Waals surface area contributed by atoms with Crippen LogP contribution in [0.5, 0.6) is 0 Å². The fraction of sp³-hybridized carbons (Fsp3) is 0.250. The maximum atomic E-state index is 6.66. The molecule has 2 aromatic carbocycles. The number of aryl methyl sites for hydroxylation is 3. The van der Waals surface area contributed by atoms with Crippen LogP contribution in [-0.4, -0.2) is 0 Å². The standard InChI is InChI=1S/C16H16ClI/c1-10-7-8-13(12(3)9-10)15(17)14-6-4-5-11(2)16(14)18/h4-9,15H,1-3H3. The normalized spacial score (nSPS) is 12.5. The minimum Gasteiger partial charge on any atom is -0.113 e. The largest absolute Gasteiger partial charge is 0.113 e. The van der Waals surface area contributed by atoms with Crippen molar-refractivity contribution in [2.75, 3.05) is 0 Å². The third kappa shape index (κ3) is 2.72. The third-order valence-corrected chi connectivity index (χ3v) is 5.14. The molecule has 0 nitrogen and oxygen atoms in total. The molecule has 94 valence electrons. The quantitative estimate of drug-likeness (QED) is 0.480. The van der Waals surface area contributed by atoms with E-state index in [-0.39, 0.29) is 5.38 Å². The van der Waals surface area contributed by atoms with Gasteiger partial charge in [-0.05, 0) is 65.6 Å². The first-order chi connectivity index (χ1) is 8.50. The molecule has 0 amide bonds. The highest BCUT2D eigenvalue weighted by Crippen LogP contribution is 2.34. The van der Waals surface area contributed by atoms with Gasteiger partial charge in [-0.15, -0.1) is 11.6 Å². The molecule has 2 heteroatoms. The van der Waals surface area contributed by atoms with Crippen molar-refractivity contribution in [3.63, 3.8) is 0 Å². The Labute approximate surface area is 128 Å². The Morgan fingerprint density at radius 1 is 0.944 bits per heavy atom. The first kappa shape index (κ1) is 13.9. The van der Waals surface area contributed by atoms with Crippen LogP contribution >= 0.6 is 34.2 Å². The van der Waals surface area contributed by atoms with Crippen LogP contribution in [0.25, 0.3) is 0 Å². The lowest BCUT2D eigenvalue weighted by Crippen LogP contribution is -2.00. The van der Waals surface area contributed by atoms with Crippen molar-refractivity contribution in [3.05, 3.63) is 67.8 Å². The number of alkyl halides is 1. The molecule has 18 heavy (non-hydrogen) atoms. The summed E-state index contributed by atoms with van der Waals surface area (Å²) in [4.78, 5) is 0. The van der Waals surface area contributed by atoms with Crippen molar-refractivity contribution in [1.82, 2.24) is 0 Å². The van der Waals surface area contributed by atoms with Gasteiger partial charge in [-0.2, -0.15) is 0 Å². The summed E-state index contributed by atoms with van der Waals surface area (Å²) in [5.41, 5.74) is 6.21. The minimum absolute atomic E-state index is 0.0719. The van der Waals surface area contributed by atoms with Gasteiger partial charge in [-0.1, -0.05) is 42.0 Å². The van der Waals surface area contributed by atoms with Gasteiger partial charge < -0.3 is 0 Å². The average molecular weight is 371 g/mol. The van der Waals surface area contributed by atoms with Crippen LogP contribution in [-0.2, 0) is 0 Å². The van der Waals surface area contributed by atoms with Gasteiger partial charge in [0.1, 0.15) is 0 Å². The zero-order valence-corrected chi connectivity index (χ0v) is 13.7. The van der Waals surface area contributed by atoms with Gasteiger partial charge >= 0.3 is 0 Å². The van der Waals surface area contributed by atoms with Crippen LogP contribution in [0.2, 0.25) is 0 Å². The predicted molar refractivity (Wildman–Crippen MR) is 87.5 cm³/mol. The van der Waals surface area contributed by atoms with Crippen LogP contribution in [0.15, 0.2) is 36.4 Å². The third-order valence-electron chi connectivity index (χ3n) is 3.19. The van der Waals surface area contributed by atoms with Gasteiger partial charge in [0.25, 0.3) is 0 Å². The van der Waals surface area contributed by atoms with E-state index in [0.29, 0.717) is 0 Å². The second-order valence-corrected chi connectivity index (χ2v) is 6.22. The minimum atomic E-state index is -0.0719. The van der Waals surface area contributed by atoms with E-state index in [1.54, 1.807) is 0 Å². The lowest BCUT2D eigenvalue weighted by atomic mass is 9.97. The van der Waals surface area contributed by atoms with Crippen LogP contribution in [0, 0.1) is 24.3 Å². The smallest absolute Gasteiger partial charge is 0.0848 e. The molecule has 0 aliphatic rings. The summed E-state index contributed by atoms with van der Waals surface area (Å²) in [7, 11) is 0. The fourth-order valence-corrected chi connectivity index (χ4v) is 3.43. The van der Waals surface area contributed by atoms with Gasteiger partial charge in [-0.3, -0.25) is 0 Å². The molecule has 0 saturated heterocycles. The Balaban J connectivity index is 2.48. The maximum Gasteiger partial charge on any atom is 0.0848 e. The molecule has 0 radical (unpaired) electrons. The first-order valence-electron chi connectivity index (χ1n) is 5.97. The maximum absolute atomic E-state index is 6.66. The number of benzene rings is 2. The molecular weight excluding hydrogens is 355 g/mol. The fourth-order valence-electron chi connectivity index (χ4n) is 2.14. The van der Waals surface area contributed by atoms with Gasteiger partial charge in [0, 0.05) is 3.57 Å². The Bertz CT molecular complexity index is 575. The lowest BCUT2D eigenvalue weighted by Gasteiger charge is -2.16. The summed E-state index contributed by atoms with van der Waals surface area (Å²) in [6.45, 7) is 6.35. The van der Waals surface area contributed by atoms with E-state index in [1.807, 2.05) is 0 Å². The van der Waals surface area contributed by atoms with Crippen molar-refractivity contribution in [1.29, 1.82) is 0 Å². The molecule has 1 atom stereocenters. The Kier molecular flexibility index (Phi) is 4.33. The second-order valence-electron chi connectivity index (χ2n) is 4.70. The van der Waals surface area contributed by atoms with Crippen molar-refractivity contribution in [2.45, 2.75) is 26.1 Å². The Morgan fingerprint density at radius 2 is 1.67 bits per heavy atom. The van der Waals surface area contributed by atoms with Crippen LogP contribution in [0.1, 0.15) is 33.2 Å². The zero-order valence-electron chi connectivity index (χ0n) is 10.8. The average Bonchev–Trinajstić information content (AvgIpc) is 2.32. The molecule has 1 unspecified atom stereocenters. The Hall–Kier alpha value is -0.540. The van der Waals surface area contributed by atoms with E-state index in [2.05, 4.69) is 79.8 Å². The van der Waals surface area contributed by atoms with E-state index in [9.17, 15) is 0 Å². The molecule has 0 heterocycles. The second kappa shape index (κ2) is 5.62. The van der Waals surface area contributed by atoms with Gasteiger partial charge in [-0.25, -0.2) is 0 Å². The molecule has 0 bridgehead atoms. The molecule has 2 rings (SSSR count). The molecular formula is C16H16ClI. The number of hydrogen-bond acceptors (Lipinski definition) is 0. The molecule has 0 aliphatic heterocycles. The lowest BCUT2D eigenvalue weighted by molar-refractivity contribution is 1.09. The van der Waals surface area contributed by atoms with Crippen molar-refractivity contribution in [3.8, 4) is 0 Å². The van der Waals surface area contributed by atoms with Gasteiger partial charge in [0.2, 0.25) is 0 Å². The predicted octanol–water partition coefficient (Wildman–Crippen LogP) is 5.54. The van der Waals surface area contributed by atoms with E-state index in [4.69, 9.17) is 11.6 Å². The molecule has 0 aliphatic carbocycles. The van der Waals surface area contributed by atoms with E-state index in [0.717, 1.165) is 0 Å². The van der Waals surface area contributed by atoms with Crippen LogP contribution < -0.4 is 0 Å². The molecule has 0 aromatic heterocycles. The van der Waals surface area contributed by atoms with Crippen molar-refractivity contribution < 1.29 is 0 Å². The highest BCUT2D eigenvalue weighted by molar-refractivity contribution is 14.1. The molecule has 2 aromatic rings. The van der Waals surface area contributed by atoms with Gasteiger partial charge in [0.05, 0.1) is 5.38 Å². The number of rotatable bonds is 2. The van der Waals surface area contributed by atoms with E-state index >= 15 is 0 Å². The molecule has 0 fully saturated rings. The highest BCUT2D eigenvalue weighted by atomic mass is 127. The van der Waals surface area contributed by atoms with Crippen molar-refractivity contribution in [2.24, 2.45) is 0 Å². The summed E-state index contributed by atoms with van der Waals surface area (Å²) < 4.78 is 1.26. The van der Waals surface area contributed by atoms with Crippen molar-refractivity contribution >= 4 is 34.2 Å². The number of halogens is 2. The van der Waals surface area contributed by atoms with E-state index < -0.39 is 0 Å². The summed E-state index contributed by atoms with van der Waals surface area (Å²) >= 11 is 9.04. The summed E-state index contributed by atoms with van der Waals surface area (Å²) in [6.07, 6.45) is 0. The first-order valence-corrected chi connectivity index (χ1v) is 7.48.